The van der Waals surface area contributed by atoms with Crippen LogP contribution in [0.5, 0.6) is 0 Å². The van der Waals surface area contributed by atoms with Crippen LogP contribution in [-0.2, 0) is 24.0 Å². The van der Waals surface area contributed by atoms with Gasteiger partial charge in [0.15, 0.2) is 0 Å². The molecule has 4 amide bonds. The predicted octanol–water partition coefficient (Wildman–Crippen LogP) is -1.41. The smallest absolute Gasteiger partial charge is 0.326 e. The summed E-state index contributed by atoms with van der Waals surface area (Å²) in [4.78, 5) is 60.6. The number of primary amides is 1. The van der Waals surface area contributed by atoms with Crippen molar-refractivity contribution in [2.75, 3.05) is 0 Å². The van der Waals surface area contributed by atoms with E-state index in [0.717, 1.165) is 0 Å². The van der Waals surface area contributed by atoms with Gasteiger partial charge in [-0.1, -0.05) is 34.1 Å². The fourth-order valence-corrected chi connectivity index (χ4v) is 2.95. The van der Waals surface area contributed by atoms with Crippen LogP contribution in [0.15, 0.2) is 0 Å². The second kappa shape index (κ2) is 14.4. The molecule has 12 nitrogen and oxygen atoms in total. The Hall–Kier alpha value is -2.73. The number of hydrogen-bond acceptors (Lipinski definition) is 7. The Bertz CT molecular complexity index is 698. The van der Waals surface area contributed by atoms with Crippen LogP contribution in [0.25, 0.3) is 0 Å². The van der Waals surface area contributed by atoms with Crippen molar-refractivity contribution in [2.24, 2.45) is 23.3 Å². The standard InChI is InChI=1S/C21H39N5O7/c1-6-11(4)17(26-19(30)16(23)12(5)27)20(31)25-14(9-10(2)3)18(29)24-13(21(32)33)7-8-15(22)28/h10-14,16-17,27H,6-9,23H2,1-5H3,(H2,22,28)(H,24,29)(H,25,31)(H,26,30)(H,32,33). The van der Waals surface area contributed by atoms with Crippen molar-refractivity contribution in [2.45, 2.75) is 90.6 Å². The zero-order valence-electron chi connectivity index (χ0n) is 20.0. The Morgan fingerprint density at radius 1 is 0.879 bits per heavy atom. The first-order chi connectivity index (χ1) is 15.2. The van der Waals surface area contributed by atoms with Crippen molar-refractivity contribution in [3.63, 3.8) is 0 Å². The fourth-order valence-electron chi connectivity index (χ4n) is 2.95. The summed E-state index contributed by atoms with van der Waals surface area (Å²) in [6.07, 6.45) is -0.824. The average Bonchev–Trinajstić information content (AvgIpc) is 2.71. The van der Waals surface area contributed by atoms with E-state index in [1.165, 1.54) is 6.92 Å². The third kappa shape index (κ3) is 11.1. The number of aliphatic carboxylic acids is 1. The van der Waals surface area contributed by atoms with E-state index < -0.39 is 59.9 Å². The third-order valence-electron chi connectivity index (χ3n) is 5.25. The molecule has 0 aromatic carbocycles. The third-order valence-corrected chi connectivity index (χ3v) is 5.25. The zero-order chi connectivity index (χ0) is 25.9. The minimum atomic E-state index is -1.36. The molecule has 9 N–H and O–H groups in total. The lowest BCUT2D eigenvalue weighted by molar-refractivity contribution is -0.142. The molecule has 0 fully saturated rings. The van der Waals surface area contributed by atoms with Crippen molar-refractivity contribution in [3.8, 4) is 0 Å². The number of aliphatic hydroxyl groups is 1. The molecule has 0 aromatic heterocycles. The summed E-state index contributed by atoms with van der Waals surface area (Å²) in [5.41, 5.74) is 10.7. The van der Waals surface area contributed by atoms with Crippen molar-refractivity contribution in [1.82, 2.24) is 16.0 Å². The molecule has 12 heteroatoms. The molecule has 0 aliphatic heterocycles. The SMILES string of the molecule is CCC(C)C(NC(=O)C(N)C(C)O)C(=O)NC(CC(C)C)C(=O)NC(CCC(N)=O)C(=O)O. The van der Waals surface area contributed by atoms with Crippen LogP contribution in [0, 0.1) is 11.8 Å². The number of carboxylic acid groups (broad SMARTS) is 1. The molecular formula is C21H39N5O7. The van der Waals surface area contributed by atoms with Gasteiger partial charge >= 0.3 is 5.97 Å². The first kappa shape index (κ1) is 30.3. The Labute approximate surface area is 194 Å². The topological polar surface area (TPSA) is 214 Å². The van der Waals surface area contributed by atoms with Crippen LogP contribution >= 0.6 is 0 Å². The first-order valence-electron chi connectivity index (χ1n) is 11.1. The first-order valence-corrected chi connectivity index (χ1v) is 11.1. The van der Waals surface area contributed by atoms with E-state index in [1.807, 2.05) is 20.8 Å². The summed E-state index contributed by atoms with van der Waals surface area (Å²) in [5, 5.41) is 26.3. The molecular weight excluding hydrogens is 434 g/mol. The van der Waals surface area contributed by atoms with E-state index in [9.17, 15) is 34.2 Å². The zero-order valence-corrected chi connectivity index (χ0v) is 20.0. The number of nitrogens with one attached hydrogen (secondary N) is 3. The molecule has 0 bridgehead atoms. The maximum absolute atomic E-state index is 13.0. The summed E-state index contributed by atoms with van der Waals surface area (Å²) in [7, 11) is 0. The molecule has 0 heterocycles. The Morgan fingerprint density at radius 3 is 1.85 bits per heavy atom. The lowest BCUT2D eigenvalue weighted by Crippen LogP contribution is -2.59. The van der Waals surface area contributed by atoms with Gasteiger partial charge in [-0.25, -0.2) is 4.79 Å². The van der Waals surface area contributed by atoms with Gasteiger partial charge in [-0.3, -0.25) is 19.2 Å². The quantitative estimate of drug-likeness (QED) is 0.150. The number of carbonyl (C=O) groups excluding carboxylic acids is 4. The van der Waals surface area contributed by atoms with E-state index in [2.05, 4.69) is 16.0 Å². The molecule has 190 valence electrons. The van der Waals surface area contributed by atoms with Gasteiger partial charge in [-0.2, -0.15) is 0 Å². The van der Waals surface area contributed by atoms with Gasteiger partial charge in [-0.15, -0.1) is 0 Å². The minimum absolute atomic E-state index is 0.0322. The lowest BCUT2D eigenvalue weighted by Gasteiger charge is -2.28. The van der Waals surface area contributed by atoms with E-state index >= 15 is 0 Å². The second-order valence-electron chi connectivity index (χ2n) is 8.73. The van der Waals surface area contributed by atoms with E-state index in [-0.39, 0.29) is 31.1 Å². The molecule has 6 atom stereocenters. The number of rotatable bonds is 15. The molecule has 0 aromatic rings. The molecule has 0 aliphatic rings. The number of carboxylic acids is 1. The van der Waals surface area contributed by atoms with Crippen LogP contribution in [0.2, 0.25) is 0 Å². The van der Waals surface area contributed by atoms with Gasteiger partial charge in [0.25, 0.3) is 0 Å². The number of nitrogens with two attached hydrogens (primary N) is 2. The van der Waals surface area contributed by atoms with Crippen LogP contribution in [-0.4, -0.2) is 70.1 Å². The van der Waals surface area contributed by atoms with Crippen LogP contribution in [0.3, 0.4) is 0 Å². The van der Waals surface area contributed by atoms with Crippen LogP contribution in [0.1, 0.15) is 60.3 Å². The highest BCUT2D eigenvalue weighted by Gasteiger charge is 2.33. The number of amides is 4. The maximum atomic E-state index is 13.0. The molecule has 6 unspecified atom stereocenters. The monoisotopic (exact) mass is 473 g/mol. The molecule has 0 radical (unpaired) electrons. The van der Waals surface area contributed by atoms with Gasteiger partial charge in [0.05, 0.1) is 6.10 Å². The molecule has 0 spiro atoms. The van der Waals surface area contributed by atoms with E-state index in [0.29, 0.717) is 6.42 Å². The minimum Gasteiger partial charge on any atom is -0.480 e. The molecule has 0 rings (SSSR count). The van der Waals surface area contributed by atoms with Gasteiger partial charge in [0.2, 0.25) is 23.6 Å². The predicted molar refractivity (Wildman–Crippen MR) is 120 cm³/mol. The number of carbonyl (C=O) groups is 5. The summed E-state index contributed by atoms with van der Waals surface area (Å²) >= 11 is 0. The van der Waals surface area contributed by atoms with Crippen LogP contribution < -0.4 is 27.4 Å². The van der Waals surface area contributed by atoms with Gasteiger partial charge in [-0.05, 0) is 31.6 Å². The fraction of sp³-hybridized carbons (Fsp3) is 0.762. The molecule has 0 saturated carbocycles. The summed E-state index contributed by atoms with van der Waals surface area (Å²) in [6.45, 7) is 8.55. The highest BCUT2D eigenvalue weighted by Crippen LogP contribution is 2.12. The Kier molecular flexibility index (Phi) is 13.2. The number of aliphatic hydroxyl groups excluding tert-OH is 1. The normalized spacial score (nSPS) is 16.6. The lowest BCUT2D eigenvalue weighted by atomic mass is 9.96. The molecule has 0 saturated heterocycles. The van der Waals surface area contributed by atoms with Gasteiger partial charge in [0.1, 0.15) is 24.2 Å². The molecule has 0 aliphatic carbocycles. The largest absolute Gasteiger partial charge is 0.480 e. The van der Waals surface area contributed by atoms with E-state index in [1.54, 1.807) is 6.92 Å². The highest BCUT2D eigenvalue weighted by atomic mass is 16.4. The number of hydrogen-bond donors (Lipinski definition) is 7. The van der Waals surface area contributed by atoms with Crippen molar-refractivity contribution in [1.29, 1.82) is 0 Å². The average molecular weight is 474 g/mol. The summed E-state index contributed by atoms with van der Waals surface area (Å²) in [6, 6.07) is -4.70. The van der Waals surface area contributed by atoms with E-state index in [4.69, 9.17) is 11.5 Å². The van der Waals surface area contributed by atoms with Crippen molar-refractivity contribution in [3.05, 3.63) is 0 Å². The highest BCUT2D eigenvalue weighted by molar-refractivity contribution is 5.94. The van der Waals surface area contributed by atoms with Crippen LogP contribution in [0.4, 0.5) is 0 Å². The summed E-state index contributed by atoms with van der Waals surface area (Å²) in [5.74, 6) is -4.48. The second-order valence-corrected chi connectivity index (χ2v) is 8.73. The van der Waals surface area contributed by atoms with Crippen molar-refractivity contribution < 1.29 is 34.2 Å². The molecule has 33 heavy (non-hydrogen) atoms. The van der Waals surface area contributed by atoms with Crippen molar-refractivity contribution >= 4 is 29.6 Å². The Balaban J connectivity index is 5.57. The summed E-state index contributed by atoms with van der Waals surface area (Å²) < 4.78 is 0. The maximum Gasteiger partial charge on any atom is 0.326 e. The van der Waals surface area contributed by atoms with Gasteiger partial charge in [0, 0.05) is 6.42 Å². The Morgan fingerprint density at radius 2 is 1.42 bits per heavy atom. The van der Waals surface area contributed by atoms with Gasteiger partial charge < -0.3 is 37.6 Å².